The zero-order valence-corrected chi connectivity index (χ0v) is 11.1. The molecular weight excluding hydrogens is 252 g/mol. The SMILES string of the molecule is c1coc(-c2nc3cccnc3n2C2CCCCN2)c1. The second-order valence-electron chi connectivity index (χ2n) is 5.09. The molecule has 0 radical (unpaired) electrons. The van der Waals surface area contributed by atoms with Gasteiger partial charge in [0.25, 0.3) is 0 Å². The van der Waals surface area contributed by atoms with E-state index >= 15 is 0 Å². The zero-order valence-electron chi connectivity index (χ0n) is 11.1. The molecule has 102 valence electrons. The third-order valence-electron chi connectivity index (χ3n) is 3.79. The fourth-order valence-electron chi connectivity index (χ4n) is 2.86. The molecule has 5 nitrogen and oxygen atoms in total. The Labute approximate surface area is 116 Å². The summed E-state index contributed by atoms with van der Waals surface area (Å²) in [5, 5.41) is 3.56. The summed E-state index contributed by atoms with van der Waals surface area (Å²) < 4.78 is 7.72. The first-order valence-electron chi connectivity index (χ1n) is 7.04. The van der Waals surface area contributed by atoms with Crippen LogP contribution in [0, 0.1) is 0 Å². The quantitative estimate of drug-likeness (QED) is 0.776. The van der Waals surface area contributed by atoms with E-state index in [2.05, 4.69) is 14.9 Å². The predicted molar refractivity (Wildman–Crippen MR) is 76.1 cm³/mol. The van der Waals surface area contributed by atoms with Crippen LogP contribution in [-0.4, -0.2) is 21.1 Å². The Morgan fingerprint density at radius 2 is 2.25 bits per heavy atom. The molecule has 1 N–H and O–H groups in total. The van der Waals surface area contributed by atoms with Crippen LogP contribution < -0.4 is 5.32 Å². The van der Waals surface area contributed by atoms with Crippen LogP contribution >= 0.6 is 0 Å². The van der Waals surface area contributed by atoms with Crippen molar-refractivity contribution in [3.63, 3.8) is 0 Å². The third kappa shape index (κ3) is 1.82. The van der Waals surface area contributed by atoms with Crippen LogP contribution in [0.2, 0.25) is 0 Å². The van der Waals surface area contributed by atoms with Gasteiger partial charge in [0.2, 0.25) is 0 Å². The highest BCUT2D eigenvalue weighted by Crippen LogP contribution is 2.29. The maximum atomic E-state index is 5.54. The first kappa shape index (κ1) is 11.7. The number of fused-ring (bicyclic) bond motifs is 1. The molecule has 5 heteroatoms. The van der Waals surface area contributed by atoms with Crippen LogP contribution in [0.15, 0.2) is 41.1 Å². The Morgan fingerprint density at radius 3 is 3.05 bits per heavy atom. The average molecular weight is 268 g/mol. The van der Waals surface area contributed by atoms with Gasteiger partial charge in [-0.3, -0.25) is 9.88 Å². The van der Waals surface area contributed by atoms with E-state index in [9.17, 15) is 0 Å². The van der Waals surface area contributed by atoms with Gasteiger partial charge in [0.15, 0.2) is 17.2 Å². The molecule has 1 saturated heterocycles. The Morgan fingerprint density at radius 1 is 1.25 bits per heavy atom. The van der Waals surface area contributed by atoms with Crippen molar-refractivity contribution < 1.29 is 4.42 Å². The number of pyridine rings is 1. The molecule has 1 atom stereocenters. The lowest BCUT2D eigenvalue weighted by molar-refractivity contribution is 0.326. The third-order valence-corrected chi connectivity index (χ3v) is 3.79. The summed E-state index contributed by atoms with van der Waals surface area (Å²) >= 11 is 0. The number of imidazole rings is 1. The van der Waals surface area contributed by atoms with Gasteiger partial charge in [-0.05, 0) is 50.1 Å². The summed E-state index contributed by atoms with van der Waals surface area (Å²) in [6, 6.07) is 7.75. The number of hydrogen-bond acceptors (Lipinski definition) is 4. The van der Waals surface area contributed by atoms with Crippen LogP contribution in [0.4, 0.5) is 0 Å². The summed E-state index contributed by atoms with van der Waals surface area (Å²) in [6.07, 6.45) is 7.28. The maximum Gasteiger partial charge on any atom is 0.179 e. The number of aromatic nitrogens is 3. The van der Waals surface area contributed by atoms with E-state index in [0.717, 1.165) is 35.7 Å². The van der Waals surface area contributed by atoms with Gasteiger partial charge < -0.3 is 4.42 Å². The molecule has 0 aromatic carbocycles. The molecule has 4 rings (SSSR count). The van der Waals surface area contributed by atoms with Crippen LogP contribution in [0.1, 0.15) is 25.4 Å². The first-order valence-corrected chi connectivity index (χ1v) is 7.04. The van der Waals surface area contributed by atoms with Crippen LogP contribution in [0.5, 0.6) is 0 Å². The Kier molecular flexibility index (Phi) is 2.77. The van der Waals surface area contributed by atoms with E-state index in [1.165, 1.54) is 12.8 Å². The molecular formula is C15H16N4O. The average Bonchev–Trinajstić information content (AvgIpc) is 3.15. The molecule has 4 heterocycles. The monoisotopic (exact) mass is 268 g/mol. The number of rotatable bonds is 2. The molecule has 3 aromatic heterocycles. The van der Waals surface area contributed by atoms with Crippen molar-refractivity contribution in [1.82, 2.24) is 19.9 Å². The van der Waals surface area contributed by atoms with Crippen molar-refractivity contribution >= 4 is 11.2 Å². The molecule has 20 heavy (non-hydrogen) atoms. The largest absolute Gasteiger partial charge is 0.461 e. The second kappa shape index (κ2) is 4.76. The van der Waals surface area contributed by atoms with E-state index in [-0.39, 0.29) is 6.17 Å². The van der Waals surface area contributed by atoms with Crippen LogP contribution in [0.25, 0.3) is 22.7 Å². The first-order chi connectivity index (χ1) is 9.93. The number of nitrogens with one attached hydrogen (secondary N) is 1. The zero-order chi connectivity index (χ0) is 13.4. The number of furan rings is 1. The molecule has 0 aliphatic carbocycles. The van der Waals surface area contributed by atoms with E-state index in [1.807, 2.05) is 30.5 Å². The minimum absolute atomic E-state index is 0.240. The number of nitrogens with zero attached hydrogens (tertiary/aromatic N) is 3. The lowest BCUT2D eigenvalue weighted by Crippen LogP contribution is -2.31. The summed E-state index contributed by atoms with van der Waals surface area (Å²) in [7, 11) is 0. The highest BCUT2D eigenvalue weighted by molar-refractivity contribution is 5.76. The van der Waals surface area contributed by atoms with Gasteiger partial charge in [0.05, 0.1) is 12.4 Å². The van der Waals surface area contributed by atoms with Crippen molar-refractivity contribution in [2.75, 3.05) is 6.54 Å². The smallest absolute Gasteiger partial charge is 0.179 e. The molecule has 1 aliphatic heterocycles. The molecule has 1 aliphatic rings. The normalized spacial score (nSPS) is 19.5. The lowest BCUT2D eigenvalue weighted by Gasteiger charge is -2.26. The van der Waals surface area contributed by atoms with Gasteiger partial charge in [-0.1, -0.05) is 0 Å². The standard InChI is InChI=1S/C15H16N4O/c1-2-8-16-13(7-1)19-14-11(5-3-9-17-14)18-15(19)12-6-4-10-20-12/h3-6,9-10,13,16H,1-2,7-8H2. The molecule has 0 amide bonds. The topological polar surface area (TPSA) is 55.9 Å². The van der Waals surface area contributed by atoms with E-state index < -0.39 is 0 Å². The summed E-state index contributed by atoms with van der Waals surface area (Å²) in [6.45, 7) is 1.04. The summed E-state index contributed by atoms with van der Waals surface area (Å²) in [5.74, 6) is 1.64. The minimum Gasteiger partial charge on any atom is -0.461 e. The van der Waals surface area contributed by atoms with Gasteiger partial charge in [0.1, 0.15) is 5.52 Å². The van der Waals surface area contributed by atoms with Gasteiger partial charge in [-0.2, -0.15) is 0 Å². The fourth-order valence-corrected chi connectivity index (χ4v) is 2.86. The molecule has 1 unspecified atom stereocenters. The Balaban J connectivity index is 1.93. The second-order valence-corrected chi connectivity index (χ2v) is 5.09. The van der Waals surface area contributed by atoms with Gasteiger partial charge in [-0.15, -0.1) is 0 Å². The fraction of sp³-hybridized carbons (Fsp3) is 0.333. The van der Waals surface area contributed by atoms with E-state index in [1.54, 1.807) is 6.26 Å². The van der Waals surface area contributed by atoms with Gasteiger partial charge in [0, 0.05) is 6.20 Å². The molecule has 0 spiro atoms. The predicted octanol–water partition coefficient (Wildman–Crippen LogP) is 2.96. The molecule has 1 fully saturated rings. The van der Waals surface area contributed by atoms with Gasteiger partial charge >= 0.3 is 0 Å². The molecule has 3 aromatic rings. The van der Waals surface area contributed by atoms with E-state index in [0.29, 0.717) is 0 Å². The summed E-state index contributed by atoms with van der Waals surface area (Å²) in [5.41, 5.74) is 1.82. The molecule has 0 bridgehead atoms. The van der Waals surface area contributed by atoms with Crippen LogP contribution in [-0.2, 0) is 0 Å². The van der Waals surface area contributed by atoms with Crippen molar-refractivity contribution in [1.29, 1.82) is 0 Å². The minimum atomic E-state index is 0.240. The Hall–Kier alpha value is -2.14. The number of hydrogen-bond donors (Lipinski definition) is 1. The summed E-state index contributed by atoms with van der Waals surface area (Å²) in [4.78, 5) is 9.20. The Bertz CT molecular complexity index is 711. The highest BCUT2D eigenvalue weighted by atomic mass is 16.3. The lowest BCUT2D eigenvalue weighted by atomic mass is 10.1. The van der Waals surface area contributed by atoms with Crippen LogP contribution in [0.3, 0.4) is 0 Å². The van der Waals surface area contributed by atoms with Crippen molar-refractivity contribution in [3.05, 3.63) is 36.7 Å². The maximum absolute atomic E-state index is 5.54. The highest BCUT2D eigenvalue weighted by Gasteiger charge is 2.23. The van der Waals surface area contributed by atoms with Crippen molar-refractivity contribution in [2.24, 2.45) is 0 Å². The van der Waals surface area contributed by atoms with Gasteiger partial charge in [-0.25, -0.2) is 9.97 Å². The van der Waals surface area contributed by atoms with Crippen molar-refractivity contribution in [2.45, 2.75) is 25.4 Å². The molecule has 0 saturated carbocycles. The number of piperidine rings is 1. The van der Waals surface area contributed by atoms with Crippen molar-refractivity contribution in [3.8, 4) is 11.6 Å². The van der Waals surface area contributed by atoms with E-state index in [4.69, 9.17) is 9.40 Å².